The summed E-state index contributed by atoms with van der Waals surface area (Å²) in [6.07, 6.45) is 4.55. The van der Waals surface area contributed by atoms with Gasteiger partial charge in [0.1, 0.15) is 6.61 Å². The molecule has 0 heterocycles. The van der Waals surface area contributed by atoms with Crippen molar-refractivity contribution >= 4 is 6.03 Å². The first-order valence-corrected chi connectivity index (χ1v) is 8.57. The zero-order valence-corrected chi connectivity index (χ0v) is 14.5. The van der Waals surface area contributed by atoms with Crippen molar-refractivity contribution in [1.82, 2.24) is 10.6 Å². The third-order valence-electron chi connectivity index (χ3n) is 4.30. The van der Waals surface area contributed by atoms with E-state index in [1.165, 1.54) is 12.8 Å². The summed E-state index contributed by atoms with van der Waals surface area (Å²) >= 11 is 0. The highest BCUT2D eigenvalue weighted by Crippen LogP contribution is 2.28. The van der Waals surface area contributed by atoms with Crippen LogP contribution in [0.2, 0.25) is 0 Å². The van der Waals surface area contributed by atoms with E-state index in [0.717, 1.165) is 18.4 Å². The number of aliphatic hydroxyl groups excluding tert-OH is 1. The van der Waals surface area contributed by atoms with E-state index in [4.69, 9.17) is 14.6 Å². The van der Waals surface area contributed by atoms with Crippen LogP contribution in [0, 0.1) is 5.92 Å². The van der Waals surface area contributed by atoms with Gasteiger partial charge in [0.05, 0.1) is 13.7 Å². The van der Waals surface area contributed by atoms with Crippen molar-refractivity contribution < 1.29 is 19.4 Å². The number of amides is 2. The van der Waals surface area contributed by atoms with Crippen molar-refractivity contribution in [3.63, 3.8) is 0 Å². The third kappa shape index (κ3) is 5.60. The number of urea groups is 1. The Balaban J connectivity index is 1.83. The van der Waals surface area contributed by atoms with Crippen LogP contribution in [-0.4, -0.2) is 37.5 Å². The number of nitrogens with one attached hydrogen (secondary N) is 2. The van der Waals surface area contributed by atoms with Crippen molar-refractivity contribution in [3.8, 4) is 11.5 Å². The van der Waals surface area contributed by atoms with Crippen LogP contribution in [0.15, 0.2) is 18.2 Å². The Morgan fingerprint density at radius 3 is 2.88 bits per heavy atom. The molecule has 0 aromatic heterocycles. The molecular formula is C18H28N2O4. The molecule has 3 N–H and O–H groups in total. The molecule has 2 rings (SSSR count). The van der Waals surface area contributed by atoms with E-state index in [-0.39, 0.29) is 25.3 Å². The van der Waals surface area contributed by atoms with Gasteiger partial charge in [-0.15, -0.1) is 0 Å². The Kier molecular flexibility index (Phi) is 7.18. The number of carbonyl (C=O) groups excluding carboxylic acids is 1. The summed E-state index contributed by atoms with van der Waals surface area (Å²) in [7, 11) is 1.56. The van der Waals surface area contributed by atoms with Gasteiger partial charge in [0, 0.05) is 12.6 Å². The van der Waals surface area contributed by atoms with Crippen LogP contribution in [0.1, 0.15) is 38.2 Å². The molecule has 24 heavy (non-hydrogen) atoms. The van der Waals surface area contributed by atoms with Crippen LogP contribution in [0.3, 0.4) is 0 Å². The Bertz CT molecular complexity index is 536. The second-order valence-corrected chi connectivity index (χ2v) is 6.35. The van der Waals surface area contributed by atoms with Gasteiger partial charge in [-0.1, -0.05) is 25.8 Å². The molecule has 1 aliphatic carbocycles. The van der Waals surface area contributed by atoms with Gasteiger partial charge in [0.2, 0.25) is 0 Å². The Morgan fingerprint density at radius 1 is 1.33 bits per heavy atom. The number of rotatable bonds is 7. The fourth-order valence-corrected chi connectivity index (χ4v) is 3.08. The third-order valence-corrected chi connectivity index (χ3v) is 4.30. The van der Waals surface area contributed by atoms with Gasteiger partial charge in [-0.05, 0) is 36.5 Å². The van der Waals surface area contributed by atoms with Gasteiger partial charge in [-0.3, -0.25) is 0 Å². The van der Waals surface area contributed by atoms with Crippen molar-refractivity contribution in [3.05, 3.63) is 23.8 Å². The first-order chi connectivity index (χ1) is 11.6. The molecule has 2 atom stereocenters. The molecule has 0 saturated heterocycles. The topological polar surface area (TPSA) is 79.8 Å². The predicted molar refractivity (Wildman–Crippen MR) is 92.4 cm³/mol. The molecular weight excluding hydrogens is 308 g/mol. The first-order valence-electron chi connectivity index (χ1n) is 8.57. The summed E-state index contributed by atoms with van der Waals surface area (Å²) in [5.41, 5.74) is 0.926. The maximum absolute atomic E-state index is 12.0. The first kappa shape index (κ1) is 18.4. The van der Waals surface area contributed by atoms with Gasteiger partial charge >= 0.3 is 6.03 Å². The molecule has 0 bridgehead atoms. The average Bonchev–Trinajstić information content (AvgIpc) is 2.58. The second kappa shape index (κ2) is 9.37. The SMILES string of the molecule is COc1cc(CNC(=O)N[C@@H]2CCC[C@@H](C)C2)ccc1OCCO. The summed E-state index contributed by atoms with van der Waals surface area (Å²) in [5, 5.41) is 14.8. The monoisotopic (exact) mass is 336 g/mol. The number of hydrogen-bond acceptors (Lipinski definition) is 4. The van der Waals surface area contributed by atoms with Gasteiger partial charge in [-0.25, -0.2) is 4.79 Å². The largest absolute Gasteiger partial charge is 0.493 e. The number of methoxy groups -OCH3 is 1. The van der Waals surface area contributed by atoms with E-state index in [1.807, 2.05) is 12.1 Å². The molecule has 1 aliphatic rings. The molecule has 1 fully saturated rings. The highest BCUT2D eigenvalue weighted by molar-refractivity contribution is 5.74. The molecule has 134 valence electrons. The lowest BCUT2D eigenvalue weighted by Crippen LogP contribution is -2.43. The number of ether oxygens (including phenoxy) is 2. The molecule has 6 nitrogen and oxygen atoms in total. The van der Waals surface area contributed by atoms with E-state index in [2.05, 4.69) is 17.6 Å². The molecule has 1 aromatic carbocycles. The van der Waals surface area contributed by atoms with E-state index in [1.54, 1.807) is 13.2 Å². The maximum atomic E-state index is 12.0. The lowest BCUT2D eigenvalue weighted by atomic mass is 9.87. The highest BCUT2D eigenvalue weighted by Gasteiger charge is 2.20. The van der Waals surface area contributed by atoms with Crippen LogP contribution in [0.5, 0.6) is 11.5 Å². The molecule has 1 saturated carbocycles. The molecule has 0 spiro atoms. The number of hydrogen-bond donors (Lipinski definition) is 3. The smallest absolute Gasteiger partial charge is 0.315 e. The zero-order valence-electron chi connectivity index (χ0n) is 14.5. The van der Waals surface area contributed by atoms with Crippen molar-refractivity contribution in [2.75, 3.05) is 20.3 Å². The van der Waals surface area contributed by atoms with Gasteiger partial charge in [-0.2, -0.15) is 0 Å². The van der Waals surface area contributed by atoms with E-state index in [0.29, 0.717) is 24.0 Å². The summed E-state index contributed by atoms with van der Waals surface area (Å²) in [6, 6.07) is 5.63. The van der Waals surface area contributed by atoms with Gasteiger partial charge < -0.3 is 25.2 Å². The van der Waals surface area contributed by atoms with Crippen LogP contribution < -0.4 is 20.1 Å². The summed E-state index contributed by atoms with van der Waals surface area (Å²) in [6.45, 7) is 2.83. The van der Waals surface area contributed by atoms with Crippen LogP contribution in [0.4, 0.5) is 4.79 Å². The normalized spacial score (nSPS) is 20.3. The molecule has 6 heteroatoms. The quantitative estimate of drug-likeness (QED) is 0.714. The lowest BCUT2D eigenvalue weighted by molar-refractivity contribution is 0.196. The van der Waals surface area contributed by atoms with Gasteiger partial charge in [0.15, 0.2) is 11.5 Å². The molecule has 0 aliphatic heterocycles. The van der Waals surface area contributed by atoms with Crippen LogP contribution in [-0.2, 0) is 6.54 Å². The number of aliphatic hydroxyl groups is 1. The fourth-order valence-electron chi connectivity index (χ4n) is 3.08. The minimum absolute atomic E-state index is 0.0492. The second-order valence-electron chi connectivity index (χ2n) is 6.35. The van der Waals surface area contributed by atoms with Crippen molar-refractivity contribution in [1.29, 1.82) is 0 Å². The number of carbonyl (C=O) groups is 1. The Hall–Kier alpha value is -1.95. The minimum Gasteiger partial charge on any atom is -0.493 e. The van der Waals surface area contributed by atoms with Crippen molar-refractivity contribution in [2.24, 2.45) is 5.92 Å². The number of benzene rings is 1. The minimum atomic E-state index is -0.131. The highest BCUT2D eigenvalue weighted by atomic mass is 16.5. The fraction of sp³-hybridized carbons (Fsp3) is 0.611. The summed E-state index contributed by atoms with van der Waals surface area (Å²) in [4.78, 5) is 12.0. The molecule has 0 unspecified atom stereocenters. The average molecular weight is 336 g/mol. The Labute approximate surface area is 143 Å². The van der Waals surface area contributed by atoms with Crippen molar-refractivity contribution in [2.45, 2.75) is 45.2 Å². The van der Waals surface area contributed by atoms with Crippen LogP contribution >= 0.6 is 0 Å². The molecule has 2 amide bonds. The van der Waals surface area contributed by atoms with Gasteiger partial charge in [0.25, 0.3) is 0 Å². The zero-order chi connectivity index (χ0) is 17.4. The maximum Gasteiger partial charge on any atom is 0.315 e. The van der Waals surface area contributed by atoms with E-state index >= 15 is 0 Å². The standard InChI is InChI=1S/C18H28N2O4/c1-13-4-3-5-15(10-13)20-18(22)19-12-14-6-7-16(24-9-8-21)17(11-14)23-2/h6-7,11,13,15,21H,3-5,8-10,12H2,1-2H3,(H2,19,20,22)/t13-,15-/m1/s1. The Morgan fingerprint density at radius 2 is 2.17 bits per heavy atom. The van der Waals surface area contributed by atoms with Crippen LogP contribution in [0.25, 0.3) is 0 Å². The van der Waals surface area contributed by atoms with E-state index < -0.39 is 0 Å². The summed E-state index contributed by atoms with van der Waals surface area (Å²) in [5.74, 6) is 1.85. The lowest BCUT2D eigenvalue weighted by Gasteiger charge is -2.27. The predicted octanol–water partition coefficient (Wildman–Crippen LogP) is 2.44. The van der Waals surface area contributed by atoms with E-state index in [9.17, 15) is 4.79 Å². The summed E-state index contributed by atoms with van der Waals surface area (Å²) < 4.78 is 10.7. The molecule has 1 aromatic rings. The molecule has 0 radical (unpaired) electrons.